The number of carbonyl (C=O) groups excluding carboxylic acids is 2. The Balaban J connectivity index is 1.68. The third-order valence-corrected chi connectivity index (χ3v) is 5.82. The van der Waals surface area contributed by atoms with E-state index in [1.165, 1.54) is 28.8 Å². The van der Waals surface area contributed by atoms with E-state index in [1.54, 1.807) is 18.2 Å². The van der Waals surface area contributed by atoms with Gasteiger partial charge < -0.3 is 19.7 Å². The Morgan fingerprint density at radius 1 is 1.26 bits per heavy atom. The van der Waals surface area contributed by atoms with E-state index < -0.39 is 17.8 Å². The van der Waals surface area contributed by atoms with Crippen LogP contribution in [0, 0.1) is 5.82 Å². The zero-order valence-electron chi connectivity index (χ0n) is 19.0. The smallest absolute Gasteiger partial charge is 0.247 e. The van der Waals surface area contributed by atoms with Gasteiger partial charge in [0, 0.05) is 32.4 Å². The highest BCUT2D eigenvalue weighted by Crippen LogP contribution is 2.27. The first-order valence-corrected chi connectivity index (χ1v) is 11.3. The number of hydrogen-bond acceptors (Lipinski definition) is 6. The monoisotopic (exact) mass is 469 g/mol. The van der Waals surface area contributed by atoms with Crippen LogP contribution < -0.4 is 5.32 Å². The second-order valence-electron chi connectivity index (χ2n) is 8.12. The van der Waals surface area contributed by atoms with Gasteiger partial charge in [-0.15, -0.1) is 5.10 Å². The van der Waals surface area contributed by atoms with Gasteiger partial charge in [-0.3, -0.25) is 9.59 Å². The first kappa shape index (κ1) is 23.8. The lowest BCUT2D eigenvalue weighted by molar-refractivity contribution is -0.143. The molecule has 2 amide bonds. The summed E-state index contributed by atoms with van der Waals surface area (Å²) in [4.78, 5) is 28.4. The minimum atomic E-state index is -1.18. The van der Waals surface area contributed by atoms with Crippen LogP contribution in [-0.2, 0) is 25.6 Å². The molecule has 2 atom stereocenters. The van der Waals surface area contributed by atoms with Crippen LogP contribution in [0.3, 0.4) is 0 Å². The predicted octanol–water partition coefficient (Wildman–Crippen LogP) is 2.08. The lowest BCUT2D eigenvalue weighted by Crippen LogP contribution is -2.48. The minimum Gasteiger partial charge on any atom is -0.383 e. The molecule has 1 aromatic heterocycles. The van der Waals surface area contributed by atoms with E-state index in [0.717, 1.165) is 12.8 Å². The number of halogens is 1. The maximum atomic E-state index is 14.9. The Morgan fingerprint density at radius 2 is 2.06 bits per heavy atom. The second-order valence-corrected chi connectivity index (χ2v) is 8.12. The first-order valence-electron chi connectivity index (χ1n) is 11.3. The molecule has 0 bridgehead atoms. The van der Waals surface area contributed by atoms with Crippen molar-refractivity contribution in [2.45, 2.75) is 31.5 Å². The Bertz CT molecular complexity index is 1130. The Kier molecular flexibility index (Phi) is 7.81. The molecule has 2 aromatic carbocycles. The molecule has 9 nitrogen and oxygen atoms in total. The van der Waals surface area contributed by atoms with Crippen LogP contribution in [0.4, 0.5) is 4.39 Å². The molecule has 10 heteroatoms. The average Bonchev–Trinajstić information content (AvgIpc) is 3.50. The Morgan fingerprint density at radius 3 is 2.82 bits per heavy atom. The van der Waals surface area contributed by atoms with Crippen LogP contribution in [0.5, 0.6) is 0 Å². The quantitative estimate of drug-likeness (QED) is 0.457. The summed E-state index contributed by atoms with van der Waals surface area (Å²) in [6, 6.07) is 12.1. The van der Waals surface area contributed by atoms with Gasteiger partial charge in [-0.05, 0) is 31.0 Å². The molecule has 0 unspecified atom stereocenters. The topological polar surface area (TPSA) is 98.6 Å². The number of rotatable bonds is 10. The molecule has 3 aromatic rings. The normalized spacial score (nSPS) is 16.5. The molecule has 180 valence electrons. The fourth-order valence-corrected chi connectivity index (χ4v) is 4.13. The number of carbonyl (C=O) groups is 2. The summed E-state index contributed by atoms with van der Waals surface area (Å²) in [5.74, 6) is -1.44. The maximum Gasteiger partial charge on any atom is 0.247 e. The fraction of sp³-hybridized carbons (Fsp3) is 0.417. The van der Waals surface area contributed by atoms with Gasteiger partial charge in [0.15, 0.2) is 0 Å². The zero-order chi connectivity index (χ0) is 23.9. The minimum absolute atomic E-state index is 0.118. The second kappa shape index (κ2) is 11.2. The number of ether oxygens (including phenoxy) is 2. The molecule has 34 heavy (non-hydrogen) atoms. The summed E-state index contributed by atoms with van der Waals surface area (Å²) in [7, 11) is 1.52. The van der Waals surface area contributed by atoms with E-state index in [0.29, 0.717) is 24.2 Å². The van der Waals surface area contributed by atoms with Crippen LogP contribution >= 0.6 is 0 Å². The van der Waals surface area contributed by atoms with Crippen LogP contribution in [-0.4, -0.2) is 71.2 Å². The van der Waals surface area contributed by atoms with Gasteiger partial charge in [-0.25, -0.2) is 9.07 Å². The SMILES string of the molecule is COCCNC(=O)[C@H](c1ccccc1F)N(C[C@H]1CCCO1)C(=O)Cn1nnc2ccccc21. The molecule has 1 N–H and O–H groups in total. The molecule has 1 fully saturated rings. The summed E-state index contributed by atoms with van der Waals surface area (Å²) in [5, 5.41) is 11.0. The van der Waals surface area contributed by atoms with E-state index in [-0.39, 0.29) is 37.2 Å². The van der Waals surface area contributed by atoms with E-state index in [4.69, 9.17) is 9.47 Å². The summed E-state index contributed by atoms with van der Waals surface area (Å²) in [5.41, 5.74) is 1.47. The van der Waals surface area contributed by atoms with Crippen LogP contribution in [0.1, 0.15) is 24.4 Å². The molecule has 0 saturated carbocycles. The number of fused-ring (bicyclic) bond motifs is 1. The Hall–Kier alpha value is -3.37. The highest BCUT2D eigenvalue weighted by molar-refractivity contribution is 5.89. The van der Waals surface area contributed by atoms with Crippen molar-refractivity contribution in [2.75, 3.05) is 33.4 Å². The molecular formula is C24H28FN5O4. The highest BCUT2D eigenvalue weighted by atomic mass is 19.1. The summed E-state index contributed by atoms with van der Waals surface area (Å²) >= 11 is 0. The van der Waals surface area contributed by atoms with Gasteiger partial charge >= 0.3 is 0 Å². The molecule has 0 aliphatic carbocycles. The van der Waals surface area contributed by atoms with Gasteiger partial charge in [-0.1, -0.05) is 35.5 Å². The highest BCUT2D eigenvalue weighted by Gasteiger charge is 2.35. The number of amides is 2. The van der Waals surface area contributed by atoms with Crippen LogP contribution in [0.2, 0.25) is 0 Å². The van der Waals surface area contributed by atoms with Crippen molar-refractivity contribution >= 4 is 22.8 Å². The molecule has 2 heterocycles. The molecule has 0 radical (unpaired) electrons. The van der Waals surface area contributed by atoms with Gasteiger partial charge in [0.2, 0.25) is 11.8 Å². The molecular weight excluding hydrogens is 441 g/mol. The average molecular weight is 470 g/mol. The van der Waals surface area contributed by atoms with Crippen molar-refractivity contribution in [1.29, 1.82) is 0 Å². The van der Waals surface area contributed by atoms with E-state index >= 15 is 0 Å². The molecule has 0 spiro atoms. The number of nitrogens with one attached hydrogen (secondary N) is 1. The van der Waals surface area contributed by atoms with Gasteiger partial charge in [0.1, 0.15) is 23.9 Å². The number of para-hydroxylation sites is 1. The number of aromatic nitrogens is 3. The first-order chi connectivity index (χ1) is 16.6. The number of benzene rings is 2. The lowest BCUT2D eigenvalue weighted by Gasteiger charge is -2.33. The largest absolute Gasteiger partial charge is 0.383 e. The van der Waals surface area contributed by atoms with Gasteiger partial charge in [-0.2, -0.15) is 0 Å². The number of methoxy groups -OCH3 is 1. The number of nitrogens with zero attached hydrogens (tertiary/aromatic N) is 4. The third kappa shape index (κ3) is 5.40. The van der Waals surface area contributed by atoms with Crippen molar-refractivity contribution in [3.63, 3.8) is 0 Å². The third-order valence-electron chi connectivity index (χ3n) is 5.82. The lowest BCUT2D eigenvalue weighted by atomic mass is 10.0. The van der Waals surface area contributed by atoms with Crippen molar-refractivity contribution < 1.29 is 23.5 Å². The predicted molar refractivity (Wildman–Crippen MR) is 122 cm³/mol. The molecule has 4 rings (SSSR count). The van der Waals surface area contributed by atoms with Crippen molar-refractivity contribution in [1.82, 2.24) is 25.2 Å². The van der Waals surface area contributed by atoms with E-state index in [1.807, 2.05) is 18.2 Å². The van der Waals surface area contributed by atoms with Crippen molar-refractivity contribution in [3.8, 4) is 0 Å². The summed E-state index contributed by atoms with van der Waals surface area (Å²) < 4.78 is 27.2. The Labute approximate surface area is 196 Å². The summed E-state index contributed by atoms with van der Waals surface area (Å²) in [6.45, 7) is 1.12. The molecule has 1 aliphatic rings. The van der Waals surface area contributed by atoms with E-state index in [9.17, 15) is 14.0 Å². The summed E-state index contributed by atoms with van der Waals surface area (Å²) in [6.07, 6.45) is 1.38. The fourth-order valence-electron chi connectivity index (χ4n) is 4.13. The van der Waals surface area contributed by atoms with E-state index in [2.05, 4.69) is 15.6 Å². The maximum absolute atomic E-state index is 14.9. The van der Waals surface area contributed by atoms with Crippen LogP contribution in [0.25, 0.3) is 11.0 Å². The van der Waals surface area contributed by atoms with Crippen molar-refractivity contribution in [3.05, 3.63) is 59.9 Å². The molecule has 1 saturated heterocycles. The van der Waals surface area contributed by atoms with Gasteiger partial charge in [0.05, 0.1) is 18.2 Å². The molecule has 1 aliphatic heterocycles. The number of hydrogen-bond donors (Lipinski definition) is 1. The van der Waals surface area contributed by atoms with Crippen LogP contribution in [0.15, 0.2) is 48.5 Å². The van der Waals surface area contributed by atoms with Crippen molar-refractivity contribution in [2.24, 2.45) is 0 Å². The van der Waals surface area contributed by atoms with Gasteiger partial charge in [0.25, 0.3) is 0 Å². The zero-order valence-corrected chi connectivity index (χ0v) is 19.0. The standard InChI is InChI=1S/C24H28FN5O4/c1-33-14-12-26-24(32)23(18-8-2-3-9-19(18)25)29(15-17-7-6-13-34-17)22(31)16-30-21-11-5-4-10-20(21)27-28-30/h2-5,8-11,17,23H,6-7,12-16H2,1H3,(H,26,32)/t17-,23+/m1/s1.